The summed E-state index contributed by atoms with van der Waals surface area (Å²) < 4.78 is 0. The molecule has 1 aromatic rings. The number of nitriles is 1. The molecule has 17 heavy (non-hydrogen) atoms. The second-order valence-electron chi connectivity index (χ2n) is 4.63. The summed E-state index contributed by atoms with van der Waals surface area (Å²) in [5.74, 6) is 0. The van der Waals surface area contributed by atoms with Crippen LogP contribution in [0, 0.1) is 11.3 Å². The molecule has 0 amide bonds. The van der Waals surface area contributed by atoms with Gasteiger partial charge in [-0.1, -0.05) is 6.07 Å². The van der Waals surface area contributed by atoms with E-state index in [0.29, 0.717) is 12.1 Å². The maximum absolute atomic E-state index is 9.81. The molecule has 0 heterocycles. The number of nitrogens with zero attached hydrogens (tertiary/aromatic N) is 2. The largest absolute Gasteiger partial charge is 0.389 e. The highest BCUT2D eigenvalue weighted by Crippen LogP contribution is 2.28. The van der Waals surface area contributed by atoms with Crippen molar-refractivity contribution in [2.75, 3.05) is 24.7 Å². The van der Waals surface area contributed by atoms with Crippen molar-refractivity contribution >= 4 is 17.4 Å². The van der Waals surface area contributed by atoms with Crippen LogP contribution in [0.1, 0.15) is 19.4 Å². The van der Waals surface area contributed by atoms with Crippen LogP contribution in [-0.2, 0) is 0 Å². The van der Waals surface area contributed by atoms with E-state index < -0.39 is 5.60 Å². The minimum atomic E-state index is -0.781. The molecule has 0 fully saturated rings. The normalized spacial score (nSPS) is 11.1. The molecule has 3 nitrogen and oxygen atoms in total. The summed E-state index contributed by atoms with van der Waals surface area (Å²) in [6.07, 6.45) is 1.95. The van der Waals surface area contributed by atoms with Gasteiger partial charge < -0.3 is 10.0 Å². The van der Waals surface area contributed by atoms with E-state index in [9.17, 15) is 10.4 Å². The van der Waals surface area contributed by atoms with Gasteiger partial charge in [0.25, 0.3) is 0 Å². The zero-order valence-electron chi connectivity index (χ0n) is 10.7. The van der Waals surface area contributed by atoms with Crippen LogP contribution in [0.2, 0.25) is 0 Å². The third-order valence-corrected chi connectivity index (χ3v) is 3.15. The van der Waals surface area contributed by atoms with Crippen molar-refractivity contribution < 1.29 is 5.11 Å². The first-order valence-corrected chi connectivity index (χ1v) is 6.62. The minimum Gasteiger partial charge on any atom is -0.389 e. The van der Waals surface area contributed by atoms with Gasteiger partial charge in [-0.05, 0) is 32.2 Å². The summed E-state index contributed by atoms with van der Waals surface area (Å²) in [7, 11) is 1.89. The van der Waals surface area contributed by atoms with E-state index in [1.54, 1.807) is 25.6 Å². The Kier molecular flexibility index (Phi) is 4.44. The van der Waals surface area contributed by atoms with Crippen LogP contribution in [0.25, 0.3) is 0 Å². The van der Waals surface area contributed by atoms with E-state index in [2.05, 4.69) is 6.07 Å². The van der Waals surface area contributed by atoms with E-state index in [-0.39, 0.29) is 0 Å². The number of rotatable bonds is 4. The topological polar surface area (TPSA) is 47.3 Å². The van der Waals surface area contributed by atoms with E-state index >= 15 is 0 Å². The molecule has 0 aromatic heterocycles. The van der Waals surface area contributed by atoms with Gasteiger partial charge >= 0.3 is 0 Å². The molecule has 0 radical (unpaired) electrons. The summed E-state index contributed by atoms with van der Waals surface area (Å²) in [6.45, 7) is 4.00. The summed E-state index contributed by atoms with van der Waals surface area (Å²) >= 11 is 1.56. The Morgan fingerprint density at radius 3 is 2.59 bits per heavy atom. The molecule has 0 spiro atoms. The van der Waals surface area contributed by atoms with Gasteiger partial charge in [0.05, 0.1) is 16.9 Å². The summed E-state index contributed by atoms with van der Waals surface area (Å²) in [4.78, 5) is 2.88. The molecule has 0 atom stereocenters. The molecule has 0 aliphatic carbocycles. The average molecular weight is 250 g/mol. The molecule has 1 rings (SSSR count). The Labute approximate surface area is 107 Å². The molecule has 0 saturated heterocycles. The summed E-state index contributed by atoms with van der Waals surface area (Å²) in [5, 5.41) is 19.0. The fraction of sp³-hybridized carbons (Fsp3) is 0.462. The zero-order chi connectivity index (χ0) is 13.1. The Balaban J connectivity index is 3.10. The number of likely N-dealkylation sites (N-methyl/N-ethyl adjacent to an activating group) is 1. The van der Waals surface area contributed by atoms with Gasteiger partial charge in [0.2, 0.25) is 0 Å². The maximum atomic E-state index is 9.81. The number of anilines is 1. The van der Waals surface area contributed by atoms with Crippen LogP contribution in [0.15, 0.2) is 23.1 Å². The number of hydrogen-bond acceptors (Lipinski definition) is 4. The lowest BCUT2D eigenvalue weighted by atomic mass is 10.1. The van der Waals surface area contributed by atoms with Gasteiger partial charge in [0, 0.05) is 18.5 Å². The van der Waals surface area contributed by atoms with E-state index in [4.69, 9.17) is 0 Å². The van der Waals surface area contributed by atoms with Crippen LogP contribution in [0.3, 0.4) is 0 Å². The van der Waals surface area contributed by atoms with Gasteiger partial charge in [-0.15, -0.1) is 11.8 Å². The molecule has 92 valence electrons. The lowest BCUT2D eigenvalue weighted by Gasteiger charge is -2.28. The van der Waals surface area contributed by atoms with E-state index in [1.807, 2.05) is 36.4 Å². The van der Waals surface area contributed by atoms with Crippen molar-refractivity contribution in [1.82, 2.24) is 0 Å². The van der Waals surface area contributed by atoms with Gasteiger partial charge in [-0.25, -0.2) is 0 Å². The van der Waals surface area contributed by atoms with Crippen LogP contribution >= 0.6 is 11.8 Å². The van der Waals surface area contributed by atoms with Crippen LogP contribution < -0.4 is 4.90 Å². The van der Waals surface area contributed by atoms with Crippen LogP contribution in [-0.4, -0.2) is 30.6 Å². The Morgan fingerprint density at radius 1 is 1.47 bits per heavy atom. The molecular weight excluding hydrogens is 232 g/mol. The average Bonchev–Trinajstić information content (AvgIpc) is 2.25. The Bertz CT molecular complexity index is 432. The molecule has 0 aliphatic heterocycles. The van der Waals surface area contributed by atoms with Crippen LogP contribution in [0.4, 0.5) is 5.69 Å². The predicted molar refractivity (Wildman–Crippen MR) is 72.5 cm³/mol. The lowest BCUT2D eigenvalue weighted by molar-refractivity contribution is 0.0886. The molecule has 0 saturated carbocycles. The van der Waals surface area contributed by atoms with Crippen molar-refractivity contribution in [3.8, 4) is 6.07 Å². The second kappa shape index (κ2) is 5.44. The minimum absolute atomic E-state index is 0.486. The highest BCUT2D eigenvalue weighted by molar-refractivity contribution is 7.98. The molecule has 0 unspecified atom stereocenters. The second-order valence-corrected chi connectivity index (χ2v) is 5.48. The monoisotopic (exact) mass is 250 g/mol. The molecular formula is C13H18N2OS. The smallest absolute Gasteiger partial charge is 0.102 e. The highest BCUT2D eigenvalue weighted by Gasteiger charge is 2.18. The van der Waals surface area contributed by atoms with E-state index in [0.717, 1.165) is 10.6 Å². The van der Waals surface area contributed by atoms with Crippen molar-refractivity contribution in [1.29, 1.82) is 5.26 Å². The number of aliphatic hydroxyl groups is 1. The SMILES string of the molecule is CSc1cccc(N(C)CC(C)(C)O)c1C#N. The van der Waals surface area contributed by atoms with Crippen molar-refractivity contribution in [2.45, 2.75) is 24.3 Å². The van der Waals surface area contributed by atoms with Gasteiger partial charge in [0.1, 0.15) is 6.07 Å². The molecule has 4 heteroatoms. The Morgan fingerprint density at radius 2 is 2.12 bits per heavy atom. The third kappa shape index (κ3) is 3.65. The molecule has 0 bridgehead atoms. The fourth-order valence-corrected chi connectivity index (χ4v) is 2.35. The quantitative estimate of drug-likeness (QED) is 0.834. The fourth-order valence-electron chi connectivity index (χ4n) is 1.79. The third-order valence-electron chi connectivity index (χ3n) is 2.37. The van der Waals surface area contributed by atoms with Crippen LogP contribution in [0.5, 0.6) is 0 Å². The van der Waals surface area contributed by atoms with Crippen molar-refractivity contribution in [3.05, 3.63) is 23.8 Å². The summed E-state index contributed by atoms with van der Waals surface area (Å²) in [6, 6.07) is 8.01. The first kappa shape index (κ1) is 13.9. The number of hydrogen-bond donors (Lipinski definition) is 1. The van der Waals surface area contributed by atoms with E-state index in [1.165, 1.54) is 0 Å². The van der Waals surface area contributed by atoms with Gasteiger partial charge in [-0.2, -0.15) is 5.26 Å². The molecule has 1 N–H and O–H groups in total. The molecule has 1 aromatic carbocycles. The number of thioether (sulfide) groups is 1. The van der Waals surface area contributed by atoms with Gasteiger partial charge in [0.15, 0.2) is 0 Å². The maximum Gasteiger partial charge on any atom is 0.102 e. The Hall–Kier alpha value is -1.18. The predicted octanol–water partition coefficient (Wildman–Crippen LogP) is 2.49. The van der Waals surface area contributed by atoms with Gasteiger partial charge in [-0.3, -0.25) is 0 Å². The standard InChI is InChI=1S/C13H18N2OS/c1-13(2,16)9-15(3)11-6-5-7-12(17-4)10(11)8-14/h5-7,16H,9H2,1-4H3. The first-order valence-electron chi connectivity index (χ1n) is 5.39. The zero-order valence-corrected chi connectivity index (χ0v) is 11.5. The van der Waals surface area contributed by atoms with Crippen molar-refractivity contribution in [2.24, 2.45) is 0 Å². The first-order chi connectivity index (χ1) is 7.89. The van der Waals surface area contributed by atoms with Crippen molar-refractivity contribution in [3.63, 3.8) is 0 Å². The summed E-state index contributed by atoms with van der Waals surface area (Å²) in [5.41, 5.74) is 0.754. The molecule has 0 aliphatic rings. The highest BCUT2D eigenvalue weighted by atomic mass is 32.2. The number of benzene rings is 1. The lowest BCUT2D eigenvalue weighted by Crippen LogP contribution is -2.36.